The Hall–Kier alpha value is -2.38. The van der Waals surface area contributed by atoms with Gasteiger partial charge in [-0.05, 0) is 56.9 Å². The monoisotopic (exact) mass is 399 g/mol. The number of benzene rings is 2. The summed E-state index contributed by atoms with van der Waals surface area (Å²) >= 11 is 1.33. The van der Waals surface area contributed by atoms with Gasteiger partial charge in [-0.1, -0.05) is 29.5 Å². The maximum Gasteiger partial charge on any atom is 0.284 e. The molecule has 0 aliphatic carbocycles. The lowest BCUT2D eigenvalue weighted by molar-refractivity contribution is -0.387. The molecule has 28 heavy (non-hydrogen) atoms. The SMILES string of the molecule is Cc1ccc(Sc2ccc(C(=O)N3CCCC(C(C)N)C3)cc2[N+](=O)[O-])cc1. The van der Waals surface area contributed by atoms with Crippen molar-refractivity contribution in [2.24, 2.45) is 11.7 Å². The summed E-state index contributed by atoms with van der Waals surface area (Å²) in [6.07, 6.45) is 1.91. The van der Waals surface area contributed by atoms with Crippen molar-refractivity contribution in [1.29, 1.82) is 0 Å². The average Bonchev–Trinajstić information content (AvgIpc) is 2.69. The van der Waals surface area contributed by atoms with Crippen molar-refractivity contribution >= 4 is 23.4 Å². The third-order valence-electron chi connectivity index (χ3n) is 5.14. The van der Waals surface area contributed by atoms with Crippen molar-refractivity contribution in [1.82, 2.24) is 4.90 Å². The smallest absolute Gasteiger partial charge is 0.284 e. The number of rotatable bonds is 5. The lowest BCUT2D eigenvalue weighted by Gasteiger charge is -2.34. The van der Waals surface area contributed by atoms with Crippen LogP contribution < -0.4 is 5.73 Å². The molecule has 7 heteroatoms. The van der Waals surface area contributed by atoms with Crippen molar-refractivity contribution < 1.29 is 9.72 Å². The third kappa shape index (κ3) is 4.72. The highest BCUT2D eigenvalue weighted by Gasteiger charge is 2.28. The molecule has 1 aliphatic rings. The third-order valence-corrected chi connectivity index (χ3v) is 6.21. The molecular weight excluding hydrogens is 374 g/mol. The van der Waals surface area contributed by atoms with E-state index in [1.165, 1.54) is 17.8 Å². The molecule has 0 spiro atoms. The zero-order valence-electron chi connectivity index (χ0n) is 16.1. The number of amides is 1. The normalized spacial score (nSPS) is 18.0. The predicted molar refractivity (Wildman–Crippen MR) is 111 cm³/mol. The molecule has 2 unspecified atom stereocenters. The second-order valence-corrected chi connectivity index (χ2v) is 8.48. The highest BCUT2D eigenvalue weighted by molar-refractivity contribution is 7.99. The minimum Gasteiger partial charge on any atom is -0.338 e. The van der Waals surface area contributed by atoms with E-state index in [-0.39, 0.29) is 23.6 Å². The highest BCUT2D eigenvalue weighted by Crippen LogP contribution is 2.36. The van der Waals surface area contributed by atoms with Gasteiger partial charge in [-0.15, -0.1) is 0 Å². The summed E-state index contributed by atoms with van der Waals surface area (Å²) in [7, 11) is 0. The van der Waals surface area contributed by atoms with E-state index in [9.17, 15) is 14.9 Å². The zero-order chi connectivity index (χ0) is 20.3. The van der Waals surface area contributed by atoms with Gasteiger partial charge in [-0.2, -0.15) is 0 Å². The van der Waals surface area contributed by atoms with Crippen LogP contribution in [0.2, 0.25) is 0 Å². The molecule has 1 heterocycles. The fourth-order valence-electron chi connectivity index (χ4n) is 3.42. The van der Waals surface area contributed by atoms with Crippen LogP contribution in [0.15, 0.2) is 52.3 Å². The molecule has 2 atom stereocenters. The van der Waals surface area contributed by atoms with Crippen molar-refractivity contribution in [3.05, 3.63) is 63.7 Å². The van der Waals surface area contributed by atoms with E-state index >= 15 is 0 Å². The van der Waals surface area contributed by atoms with E-state index in [2.05, 4.69) is 0 Å². The minimum absolute atomic E-state index is 0.0261. The quantitative estimate of drug-likeness (QED) is 0.599. The number of hydrogen-bond acceptors (Lipinski definition) is 5. The molecule has 148 valence electrons. The van der Waals surface area contributed by atoms with Gasteiger partial charge in [0.25, 0.3) is 11.6 Å². The molecule has 1 fully saturated rings. The molecule has 2 aromatic carbocycles. The Balaban J connectivity index is 1.83. The summed E-state index contributed by atoms with van der Waals surface area (Å²) in [6.45, 7) is 5.22. The Morgan fingerprint density at radius 1 is 1.29 bits per heavy atom. The molecule has 0 bridgehead atoms. The van der Waals surface area contributed by atoms with E-state index in [0.717, 1.165) is 23.3 Å². The van der Waals surface area contributed by atoms with E-state index in [4.69, 9.17) is 5.73 Å². The van der Waals surface area contributed by atoms with Gasteiger partial charge in [-0.25, -0.2) is 0 Å². The maximum atomic E-state index is 12.9. The van der Waals surface area contributed by atoms with Crippen LogP contribution in [0, 0.1) is 23.0 Å². The molecule has 1 saturated heterocycles. The number of carbonyl (C=O) groups excluding carboxylic acids is 1. The second kappa shape index (κ2) is 8.75. The minimum atomic E-state index is -0.422. The van der Waals surface area contributed by atoms with Gasteiger partial charge < -0.3 is 10.6 Å². The Morgan fingerprint density at radius 3 is 2.64 bits per heavy atom. The maximum absolute atomic E-state index is 12.9. The Bertz CT molecular complexity index is 868. The number of aryl methyl sites for hydroxylation is 1. The van der Waals surface area contributed by atoms with Crippen LogP contribution in [0.3, 0.4) is 0 Å². The summed E-state index contributed by atoms with van der Waals surface area (Å²) in [6, 6.07) is 12.6. The van der Waals surface area contributed by atoms with Crippen LogP contribution in [0.25, 0.3) is 0 Å². The highest BCUT2D eigenvalue weighted by atomic mass is 32.2. The van der Waals surface area contributed by atoms with Gasteiger partial charge in [0.15, 0.2) is 0 Å². The van der Waals surface area contributed by atoms with Gasteiger partial charge in [0.2, 0.25) is 0 Å². The molecule has 0 saturated carbocycles. The molecule has 0 aromatic heterocycles. The number of nitrogens with two attached hydrogens (primary N) is 1. The molecule has 6 nitrogen and oxygen atoms in total. The van der Waals surface area contributed by atoms with Gasteiger partial charge >= 0.3 is 0 Å². The Labute approximate surface area is 169 Å². The first kappa shape index (κ1) is 20.4. The number of hydrogen-bond donors (Lipinski definition) is 1. The van der Waals surface area contributed by atoms with Gasteiger partial charge in [0.1, 0.15) is 0 Å². The van der Waals surface area contributed by atoms with E-state index in [1.807, 2.05) is 38.1 Å². The Morgan fingerprint density at radius 2 is 2.00 bits per heavy atom. The summed E-state index contributed by atoms with van der Waals surface area (Å²) in [5, 5.41) is 11.6. The predicted octanol–water partition coefficient (Wildman–Crippen LogP) is 4.25. The van der Waals surface area contributed by atoms with Crippen molar-refractivity contribution in [2.75, 3.05) is 13.1 Å². The van der Waals surface area contributed by atoms with E-state index in [1.54, 1.807) is 17.0 Å². The van der Waals surface area contributed by atoms with Crippen LogP contribution in [0.1, 0.15) is 35.7 Å². The summed E-state index contributed by atoms with van der Waals surface area (Å²) in [5.41, 5.74) is 7.44. The van der Waals surface area contributed by atoms with Crippen molar-refractivity contribution in [3.8, 4) is 0 Å². The molecule has 3 rings (SSSR count). The fraction of sp³-hybridized carbons (Fsp3) is 0.381. The molecule has 2 N–H and O–H groups in total. The molecular formula is C21H25N3O3S. The molecule has 1 aliphatic heterocycles. The van der Waals surface area contributed by atoms with E-state index < -0.39 is 4.92 Å². The van der Waals surface area contributed by atoms with Crippen molar-refractivity contribution in [2.45, 2.75) is 42.5 Å². The van der Waals surface area contributed by atoms with Crippen LogP contribution in [-0.4, -0.2) is 34.9 Å². The topological polar surface area (TPSA) is 89.5 Å². The first-order valence-corrected chi connectivity index (χ1v) is 10.2. The van der Waals surface area contributed by atoms with Gasteiger partial charge in [0.05, 0.1) is 9.82 Å². The standard InChI is InChI=1S/C21H25N3O3S/c1-14-5-8-18(9-6-14)28-20-10-7-16(12-19(20)24(26)27)21(25)23-11-3-4-17(13-23)15(2)22/h5-10,12,15,17H,3-4,11,13,22H2,1-2H3. The number of piperidine rings is 1. The van der Waals surface area contributed by atoms with Gasteiger partial charge in [-0.3, -0.25) is 14.9 Å². The van der Waals surface area contributed by atoms with Crippen LogP contribution >= 0.6 is 11.8 Å². The molecule has 2 aromatic rings. The number of likely N-dealkylation sites (tertiary alicyclic amines) is 1. The molecule has 0 radical (unpaired) electrons. The summed E-state index contributed by atoms with van der Waals surface area (Å²) < 4.78 is 0. The summed E-state index contributed by atoms with van der Waals surface area (Å²) in [4.78, 5) is 27.3. The number of nitro benzene ring substituents is 1. The van der Waals surface area contributed by atoms with Crippen LogP contribution in [0.4, 0.5) is 5.69 Å². The van der Waals surface area contributed by atoms with Crippen LogP contribution in [-0.2, 0) is 0 Å². The number of carbonyl (C=O) groups is 1. The first-order chi connectivity index (χ1) is 13.3. The fourth-order valence-corrected chi connectivity index (χ4v) is 4.32. The second-order valence-electron chi connectivity index (χ2n) is 7.37. The Kier molecular flexibility index (Phi) is 6.36. The summed E-state index contributed by atoms with van der Waals surface area (Å²) in [5.74, 6) is 0.101. The van der Waals surface area contributed by atoms with Crippen LogP contribution in [0.5, 0.6) is 0 Å². The lowest BCUT2D eigenvalue weighted by atomic mass is 9.92. The largest absolute Gasteiger partial charge is 0.338 e. The number of nitrogens with zero attached hydrogens (tertiary/aromatic N) is 2. The first-order valence-electron chi connectivity index (χ1n) is 9.43. The number of nitro groups is 1. The average molecular weight is 400 g/mol. The van der Waals surface area contributed by atoms with E-state index in [0.29, 0.717) is 23.5 Å². The zero-order valence-corrected chi connectivity index (χ0v) is 16.9. The molecule has 1 amide bonds. The van der Waals surface area contributed by atoms with Crippen molar-refractivity contribution in [3.63, 3.8) is 0 Å². The van der Waals surface area contributed by atoms with Gasteiger partial charge in [0, 0.05) is 35.7 Å². The lowest BCUT2D eigenvalue weighted by Crippen LogP contribution is -2.45.